The molecule has 0 aliphatic carbocycles. The van der Waals surface area contributed by atoms with Crippen molar-refractivity contribution in [2.24, 2.45) is 0 Å². The van der Waals surface area contributed by atoms with E-state index < -0.39 is 0 Å². The molecule has 0 aliphatic heterocycles. The number of hydrogen-bond donors (Lipinski definition) is 1. The fourth-order valence-corrected chi connectivity index (χ4v) is 2.51. The van der Waals surface area contributed by atoms with Crippen LogP contribution in [0.3, 0.4) is 0 Å². The molecule has 4 heteroatoms. The molecule has 0 radical (unpaired) electrons. The monoisotopic (exact) mass is 351 g/mol. The smallest absolute Gasteiger partial charge is 0.137 e. The fraction of sp³-hybridized carbons (Fsp3) is 0. The van der Waals surface area contributed by atoms with E-state index in [0.717, 1.165) is 10.0 Å². The first-order chi connectivity index (χ1) is 8.13. The van der Waals surface area contributed by atoms with Gasteiger partial charge in [0, 0.05) is 10.0 Å². The van der Waals surface area contributed by atoms with E-state index in [-0.39, 0.29) is 5.75 Å². The van der Waals surface area contributed by atoms with Gasteiger partial charge in [-0.2, -0.15) is 5.26 Å². The second kappa shape index (κ2) is 4.91. The van der Waals surface area contributed by atoms with Crippen LogP contribution in [0.25, 0.3) is 11.1 Å². The van der Waals surface area contributed by atoms with Crippen molar-refractivity contribution in [1.82, 2.24) is 0 Å². The fourth-order valence-electron chi connectivity index (χ4n) is 1.55. The normalized spacial score (nSPS) is 9.94. The minimum Gasteiger partial charge on any atom is -0.506 e. The molecular weight excluding hydrogens is 346 g/mol. The van der Waals surface area contributed by atoms with Crippen molar-refractivity contribution in [3.8, 4) is 22.9 Å². The molecule has 0 fully saturated rings. The number of halogens is 2. The summed E-state index contributed by atoms with van der Waals surface area (Å²) in [7, 11) is 0. The van der Waals surface area contributed by atoms with Crippen LogP contribution < -0.4 is 0 Å². The molecule has 0 aromatic heterocycles. The summed E-state index contributed by atoms with van der Waals surface area (Å²) in [5.74, 6) is 0.135. The van der Waals surface area contributed by atoms with Crippen molar-refractivity contribution in [2.45, 2.75) is 0 Å². The lowest BCUT2D eigenvalue weighted by molar-refractivity contribution is 0.474. The lowest BCUT2D eigenvalue weighted by Gasteiger charge is -2.09. The Bertz CT molecular complexity index is 617. The van der Waals surface area contributed by atoms with E-state index in [1.54, 1.807) is 12.1 Å². The molecule has 0 saturated heterocycles. The third-order valence-electron chi connectivity index (χ3n) is 2.36. The van der Waals surface area contributed by atoms with Crippen LogP contribution in [0.1, 0.15) is 5.56 Å². The van der Waals surface area contributed by atoms with Crippen LogP contribution in [0, 0.1) is 11.3 Å². The van der Waals surface area contributed by atoms with Gasteiger partial charge in [-0.1, -0.05) is 34.1 Å². The number of phenols is 1. The molecule has 17 heavy (non-hydrogen) atoms. The van der Waals surface area contributed by atoms with E-state index >= 15 is 0 Å². The maximum Gasteiger partial charge on any atom is 0.137 e. The summed E-state index contributed by atoms with van der Waals surface area (Å²) in [5.41, 5.74) is 1.98. The highest BCUT2D eigenvalue weighted by Gasteiger charge is 2.12. The predicted molar refractivity (Wildman–Crippen MR) is 73.7 cm³/mol. The maximum atomic E-state index is 10.0. The van der Waals surface area contributed by atoms with Gasteiger partial charge in [-0.15, -0.1) is 0 Å². The van der Waals surface area contributed by atoms with Gasteiger partial charge >= 0.3 is 0 Å². The lowest BCUT2D eigenvalue weighted by atomic mass is 10.0. The second-order valence-electron chi connectivity index (χ2n) is 3.45. The molecule has 1 N–H and O–H groups in total. The van der Waals surface area contributed by atoms with Crippen molar-refractivity contribution in [2.75, 3.05) is 0 Å². The number of aromatic hydroxyl groups is 1. The van der Waals surface area contributed by atoms with Crippen LogP contribution in [0.5, 0.6) is 5.75 Å². The Morgan fingerprint density at radius 2 is 1.71 bits per heavy atom. The first-order valence-electron chi connectivity index (χ1n) is 4.81. The van der Waals surface area contributed by atoms with E-state index in [4.69, 9.17) is 5.26 Å². The van der Waals surface area contributed by atoms with Gasteiger partial charge in [0.15, 0.2) is 0 Å². The first-order valence-corrected chi connectivity index (χ1v) is 6.39. The summed E-state index contributed by atoms with van der Waals surface area (Å²) < 4.78 is 1.39. The number of nitrogens with zero attached hydrogens (tertiary/aromatic N) is 1. The Morgan fingerprint density at radius 3 is 2.35 bits per heavy atom. The molecule has 2 aromatic rings. The van der Waals surface area contributed by atoms with Crippen molar-refractivity contribution in [3.63, 3.8) is 0 Å². The van der Waals surface area contributed by atoms with Gasteiger partial charge in [-0.05, 0) is 39.7 Å². The first kappa shape index (κ1) is 12.2. The van der Waals surface area contributed by atoms with Gasteiger partial charge in [0.05, 0.1) is 16.1 Å². The molecule has 2 nitrogen and oxygen atoms in total. The highest BCUT2D eigenvalue weighted by Crippen LogP contribution is 2.39. The highest BCUT2D eigenvalue weighted by atomic mass is 79.9. The third-order valence-corrected chi connectivity index (χ3v) is 3.65. The van der Waals surface area contributed by atoms with E-state index in [1.165, 1.54) is 0 Å². The number of benzene rings is 2. The van der Waals surface area contributed by atoms with Gasteiger partial charge in [0.2, 0.25) is 0 Å². The minimum atomic E-state index is 0.135. The number of phenolic OH excluding ortho intramolecular Hbond substituents is 1. The quantitative estimate of drug-likeness (QED) is 0.823. The second-order valence-corrected chi connectivity index (χ2v) is 5.15. The average Bonchev–Trinajstić information content (AvgIpc) is 2.33. The summed E-state index contributed by atoms with van der Waals surface area (Å²) in [4.78, 5) is 0. The molecule has 0 spiro atoms. The van der Waals surface area contributed by atoms with Crippen molar-refractivity contribution < 1.29 is 5.11 Å². The summed E-state index contributed by atoms with van der Waals surface area (Å²) >= 11 is 6.67. The zero-order valence-corrected chi connectivity index (χ0v) is 11.8. The van der Waals surface area contributed by atoms with Crippen molar-refractivity contribution >= 4 is 31.9 Å². The van der Waals surface area contributed by atoms with Gasteiger partial charge < -0.3 is 5.11 Å². The maximum absolute atomic E-state index is 10.0. The van der Waals surface area contributed by atoms with E-state index in [1.807, 2.05) is 24.3 Å². The molecule has 84 valence electrons. The number of nitriles is 1. The Morgan fingerprint density at radius 1 is 1.00 bits per heavy atom. The molecule has 0 amide bonds. The van der Waals surface area contributed by atoms with Gasteiger partial charge in [-0.25, -0.2) is 0 Å². The summed E-state index contributed by atoms with van der Waals surface area (Å²) in [6.45, 7) is 0. The summed E-state index contributed by atoms with van der Waals surface area (Å²) in [6, 6.07) is 12.9. The Labute approximate surface area is 116 Å². The largest absolute Gasteiger partial charge is 0.506 e. The Balaban J connectivity index is 2.72. The zero-order chi connectivity index (χ0) is 12.4. The molecular formula is C13H7Br2NO. The zero-order valence-electron chi connectivity index (χ0n) is 8.61. The Hall–Kier alpha value is -1.31. The molecule has 0 unspecified atom stereocenters. The molecule has 0 atom stereocenters. The minimum absolute atomic E-state index is 0.135. The Kier molecular flexibility index (Phi) is 3.51. The summed E-state index contributed by atoms with van der Waals surface area (Å²) in [6.07, 6.45) is 0. The predicted octanol–water partition coefficient (Wildman–Crippen LogP) is 4.46. The van der Waals surface area contributed by atoms with Crippen molar-refractivity contribution in [3.05, 3.63) is 50.9 Å². The molecule has 2 aromatic carbocycles. The van der Waals surface area contributed by atoms with E-state index in [2.05, 4.69) is 37.9 Å². The average molecular weight is 353 g/mol. The molecule has 0 saturated carbocycles. The topological polar surface area (TPSA) is 44.0 Å². The molecule has 0 bridgehead atoms. The molecule has 0 heterocycles. The van der Waals surface area contributed by atoms with Crippen LogP contribution >= 0.6 is 31.9 Å². The van der Waals surface area contributed by atoms with E-state index in [0.29, 0.717) is 15.6 Å². The van der Waals surface area contributed by atoms with Crippen LogP contribution in [-0.2, 0) is 0 Å². The number of rotatable bonds is 1. The van der Waals surface area contributed by atoms with E-state index in [9.17, 15) is 5.11 Å². The summed E-state index contributed by atoms with van der Waals surface area (Å²) in [5, 5.41) is 18.9. The van der Waals surface area contributed by atoms with Crippen LogP contribution in [0.15, 0.2) is 45.3 Å². The van der Waals surface area contributed by atoms with Crippen molar-refractivity contribution in [1.29, 1.82) is 5.26 Å². The van der Waals surface area contributed by atoms with Gasteiger partial charge in [0.25, 0.3) is 0 Å². The van der Waals surface area contributed by atoms with Crippen LogP contribution in [0.4, 0.5) is 0 Å². The van der Waals surface area contributed by atoms with Gasteiger partial charge in [0.1, 0.15) is 5.75 Å². The molecule has 2 rings (SSSR count). The highest BCUT2D eigenvalue weighted by molar-refractivity contribution is 9.11. The molecule has 0 aliphatic rings. The lowest BCUT2D eigenvalue weighted by Crippen LogP contribution is -1.85. The number of hydrogen-bond acceptors (Lipinski definition) is 2. The van der Waals surface area contributed by atoms with Gasteiger partial charge in [-0.3, -0.25) is 0 Å². The third kappa shape index (κ3) is 2.36. The standard InChI is InChI=1S/C13H7Br2NO/c14-11-4-2-1-3-9(11)10-5-8(7-16)6-12(15)13(10)17/h1-6,17H. The SMILES string of the molecule is N#Cc1cc(Br)c(O)c(-c2ccccc2Br)c1. The van der Waals surface area contributed by atoms with Crippen LogP contribution in [-0.4, -0.2) is 5.11 Å². The van der Waals surface area contributed by atoms with Crippen LogP contribution in [0.2, 0.25) is 0 Å².